The molecule has 0 aliphatic carbocycles. The molecule has 2 N–H and O–H groups in total. The van der Waals surface area contributed by atoms with Crippen molar-refractivity contribution in [2.75, 3.05) is 14.2 Å². The Kier molecular flexibility index (Phi) is 4.74. The summed E-state index contributed by atoms with van der Waals surface area (Å²) in [4.78, 5) is 0. The highest BCUT2D eigenvalue weighted by molar-refractivity contribution is 5.03. The highest BCUT2D eigenvalue weighted by Crippen LogP contribution is 2.10. The summed E-state index contributed by atoms with van der Waals surface area (Å²) in [6.45, 7) is 4.08. The maximum absolute atomic E-state index is 5.17. The van der Waals surface area contributed by atoms with E-state index in [2.05, 4.69) is 22.4 Å². The number of hydrogen-bond acceptors (Lipinski definition) is 4. The van der Waals surface area contributed by atoms with Gasteiger partial charge in [0.15, 0.2) is 6.29 Å². The van der Waals surface area contributed by atoms with Gasteiger partial charge < -0.3 is 14.8 Å². The van der Waals surface area contributed by atoms with Crippen LogP contribution in [0.15, 0.2) is 12.3 Å². The molecule has 0 bridgehead atoms. The first kappa shape index (κ1) is 12.2. The van der Waals surface area contributed by atoms with Crippen LogP contribution in [0.5, 0.6) is 0 Å². The topological polar surface area (TPSA) is 59.2 Å². The van der Waals surface area contributed by atoms with Crippen LogP contribution in [0.4, 0.5) is 0 Å². The van der Waals surface area contributed by atoms with Gasteiger partial charge in [-0.3, -0.25) is 5.10 Å². The van der Waals surface area contributed by atoms with Gasteiger partial charge in [-0.25, -0.2) is 0 Å². The second-order valence-corrected chi connectivity index (χ2v) is 3.53. The number of aromatic nitrogens is 2. The Labute approximate surface area is 90.2 Å². The molecule has 0 aliphatic heterocycles. The Morgan fingerprint density at radius 1 is 1.33 bits per heavy atom. The van der Waals surface area contributed by atoms with Gasteiger partial charge in [0.05, 0.1) is 11.7 Å². The van der Waals surface area contributed by atoms with Crippen molar-refractivity contribution in [2.24, 2.45) is 0 Å². The molecule has 2 atom stereocenters. The van der Waals surface area contributed by atoms with Crippen molar-refractivity contribution in [3.63, 3.8) is 0 Å². The summed E-state index contributed by atoms with van der Waals surface area (Å²) in [6.07, 6.45) is 1.50. The summed E-state index contributed by atoms with van der Waals surface area (Å²) in [5, 5.41) is 10.2. The molecule has 5 heteroatoms. The summed E-state index contributed by atoms with van der Waals surface area (Å²) >= 11 is 0. The van der Waals surface area contributed by atoms with E-state index in [0.29, 0.717) is 0 Å². The molecule has 1 aromatic heterocycles. The molecule has 1 rings (SSSR count). The third-order valence-corrected chi connectivity index (χ3v) is 2.37. The van der Waals surface area contributed by atoms with Gasteiger partial charge in [-0.2, -0.15) is 5.10 Å². The number of methoxy groups -OCH3 is 2. The highest BCUT2D eigenvalue weighted by Gasteiger charge is 2.18. The number of nitrogens with one attached hydrogen (secondary N) is 2. The second-order valence-electron chi connectivity index (χ2n) is 3.53. The summed E-state index contributed by atoms with van der Waals surface area (Å²) in [5.74, 6) is 0. The summed E-state index contributed by atoms with van der Waals surface area (Å²) in [6, 6.07) is 2.24. The van der Waals surface area contributed by atoms with Gasteiger partial charge in [0.1, 0.15) is 0 Å². The summed E-state index contributed by atoms with van der Waals surface area (Å²) in [5.41, 5.74) is 1.05. The number of aromatic amines is 1. The van der Waals surface area contributed by atoms with Crippen LogP contribution in [0.2, 0.25) is 0 Å². The highest BCUT2D eigenvalue weighted by atomic mass is 16.7. The fraction of sp³-hybridized carbons (Fsp3) is 0.700. The number of ether oxygens (including phenoxy) is 2. The van der Waals surface area contributed by atoms with E-state index in [-0.39, 0.29) is 18.4 Å². The quantitative estimate of drug-likeness (QED) is 0.694. The average molecular weight is 213 g/mol. The first-order valence-electron chi connectivity index (χ1n) is 5.00. The molecule has 0 aliphatic rings. The minimum absolute atomic E-state index is 0.110. The first-order chi connectivity index (χ1) is 7.19. The van der Waals surface area contributed by atoms with E-state index >= 15 is 0 Å². The molecule has 0 radical (unpaired) electrons. The lowest BCUT2D eigenvalue weighted by molar-refractivity contribution is -0.120. The van der Waals surface area contributed by atoms with Crippen molar-refractivity contribution < 1.29 is 9.47 Å². The molecule has 0 saturated carbocycles. The van der Waals surface area contributed by atoms with Gasteiger partial charge >= 0.3 is 0 Å². The lowest BCUT2D eigenvalue weighted by Gasteiger charge is -2.25. The van der Waals surface area contributed by atoms with Crippen LogP contribution in [0.1, 0.15) is 25.6 Å². The molecule has 15 heavy (non-hydrogen) atoms. The lowest BCUT2D eigenvalue weighted by atomic mass is 10.2. The molecule has 0 fully saturated rings. The van der Waals surface area contributed by atoms with Crippen LogP contribution in [-0.2, 0) is 9.47 Å². The summed E-state index contributed by atoms with van der Waals surface area (Å²) < 4.78 is 10.3. The number of H-pyrrole nitrogens is 1. The predicted octanol–water partition coefficient (Wildman–Crippen LogP) is 1.07. The Morgan fingerprint density at radius 3 is 2.47 bits per heavy atom. The van der Waals surface area contributed by atoms with Crippen LogP contribution in [0.3, 0.4) is 0 Å². The first-order valence-corrected chi connectivity index (χ1v) is 5.00. The smallest absolute Gasteiger partial charge is 0.171 e. The van der Waals surface area contributed by atoms with E-state index in [1.807, 2.05) is 13.0 Å². The maximum atomic E-state index is 5.17. The number of hydrogen-bond donors (Lipinski definition) is 2. The lowest BCUT2D eigenvalue weighted by Crippen LogP contribution is -2.40. The largest absolute Gasteiger partial charge is 0.354 e. The van der Waals surface area contributed by atoms with Crippen molar-refractivity contribution in [3.05, 3.63) is 18.0 Å². The Balaban J connectivity index is 2.47. The molecule has 0 aromatic carbocycles. The Bertz CT molecular complexity index is 260. The van der Waals surface area contributed by atoms with Crippen molar-refractivity contribution in [1.29, 1.82) is 0 Å². The van der Waals surface area contributed by atoms with Crippen LogP contribution in [0.25, 0.3) is 0 Å². The van der Waals surface area contributed by atoms with E-state index < -0.39 is 0 Å². The molecule has 1 aromatic rings. The van der Waals surface area contributed by atoms with Gasteiger partial charge in [-0.1, -0.05) is 0 Å². The fourth-order valence-electron chi connectivity index (χ4n) is 1.57. The molecular formula is C10H19N3O2. The van der Waals surface area contributed by atoms with Gasteiger partial charge in [-0.05, 0) is 19.9 Å². The van der Waals surface area contributed by atoms with Gasteiger partial charge in [0.25, 0.3) is 0 Å². The molecule has 0 spiro atoms. The monoisotopic (exact) mass is 213 g/mol. The third-order valence-electron chi connectivity index (χ3n) is 2.37. The standard InChI is InChI=1S/C10H19N3O2/c1-7(9-5-6-11-13-9)12-8(2)10(14-3)15-4/h5-8,10,12H,1-4H3,(H,11,13). The van der Waals surface area contributed by atoms with Crippen LogP contribution >= 0.6 is 0 Å². The number of nitrogens with zero attached hydrogens (tertiary/aromatic N) is 1. The zero-order valence-electron chi connectivity index (χ0n) is 9.65. The van der Waals surface area contributed by atoms with Crippen LogP contribution in [0, 0.1) is 0 Å². The minimum atomic E-state index is -0.240. The van der Waals surface area contributed by atoms with Crippen molar-refractivity contribution in [1.82, 2.24) is 15.5 Å². The molecular weight excluding hydrogens is 194 g/mol. The average Bonchev–Trinajstić information content (AvgIpc) is 2.72. The zero-order valence-corrected chi connectivity index (χ0v) is 9.65. The Hall–Kier alpha value is -0.910. The van der Waals surface area contributed by atoms with E-state index in [0.717, 1.165) is 5.69 Å². The van der Waals surface area contributed by atoms with Crippen molar-refractivity contribution in [2.45, 2.75) is 32.2 Å². The predicted molar refractivity (Wildman–Crippen MR) is 57.4 cm³/mol. The van der Waals surface area contributed by atoms with E-state index in [1.54, 1.807) is 20.4 Å². The molecule has 5 nitrogen and oxygen atoms in total. The normalized spacial score (nSPS) is 15.5. The molecule has 1 heterocycles. The molecule has 86 valence electrons. The van der Waals surface area contributed by atoms with Crippen LogP contribution < -0.4 is 5.32 Å². The van der Waals surface area contributed by atoms with Gasteiger partial charge in [-0.15, -0.1) is 0 Å². The number of rotatable bonds is 6. The summed E-state index contributed by atoms with van der Waals surface area (Å²) in [7, 11) is 3.26. The third kappa shape index (κ3) is 3.30. The van der Waals surface area contributed by atoms with Crippen molar-refractivity contribution in [3.8, 4) is 0 Å². The van der Waals surface area contributed by atoms with Crippen molar-refractivity contribution >= 4 is 0 Å². The second kappa shape index (κ2) is 5.85. The van der Waals surface area contributed by atoms with Gasteiger partial charge in [0.2, 0.25) is 0 Å². The fourth-order valence-corrected chi connectivity index (χ4v) is 1.57. The maximum Gasteiger partial charge on any atom is 0.171 e. The molecule has 0 amide bonds. The Morgan fingerprint density at radius 2 is 2.00 bits per heavy atom. The van der Waals surface area contributed by atoms with E-state index in [9.17, 15) is 0 Å². The van der Waals surface area contributed by atoms with E-state index in [1.165, 1.54) is 0 Å². The molecule has 0 saturated heterocycles. The minimum Gasteiger partial charge on any atom is -0.354 e. The zero-order chi connectivity index (χ0) is 11.3. The molecule has 2 unspecified atom stereocenters. The van der Waals surface area contributed by atoms with Crippen LogP contribution in [-0.4, -0.2) is 36.7 Å². The SMILES string of the molecule is COC(OC)C(C)NC(C)c1ccn[nH]1. The van der Waals surface area contributed by atoms with E-state index in [4.69, 9.17) is 9.47 Å². The van der Waals surface area contributed by atoms with Gasteiger partial charge in [0, 0.05) is 26.5 Å².